The van der Waals surface area contributed by atoms with E-state index in [1.54, 1.807) is 43.3 Å². The molecule has 0 saturated carbocycles. The lowest BCUT2D eigenvalue weighted by Gasteiger charge is -2.26. The molecule has 1 unspecified atom stereocenters. The van der Waals surface area contributed by atoms with Gasteiger partial charge in [-0.3, -0.25) is 9.59 Å². The molecule has 9 heteroatoms. The molecule has 1 atom stereocenters. The Labute approximate surface area is 175 Å². The molecule has 0 aromatic heterocycles. The third-order valence-electron chi connectivity index (χ3n) is 4.65. The standard InChI is InChI=1S/C21H24N2O6S/c1-15(24)17-6-8-19(9-7-17)29-16(2)21(25)22-18-4-3-5-20(14-18)30(26,27)23-10-12-28-13-11-23/h3-9,14,16H,10-13H2,1-2H3,(H,22,25). The maximum atomic E-state index is 12.8. The number of Topliss-reactive ketones (excluding diaryl/α,β-unsaturated/α-hetero) is 1. The van der Waals surface area contributed by atoms with Crippen LogP contribution in [0.2, 0.25) is 0 Å². The summed E-state index contributed by atoms with van der Waals surface area (Å²) < 4.78 is 37.8. The Balaban J connectivity index is 1.66. The summed E-state index contributed by atoms with van der Waals surface area (Å²) in [6.07, 6.45) is -0.826. The van der Waals surface area contributed by atoms with Crippen LogP contribution in [0.5, 0.6) is 5.75 Å². The Morgan fingerprint density at radius 1 is 1.10 bits per heavy atom. The van der Waals surface area contributed by atoms with Crippen LogP contribution in [0.4, 0.5) is 5.69 Å². The Hall–Kier alpha value is -2.75. The molecule has 0 aliphatic carbocycles. The fourth-order valence-corrected chi connectivity index (χ4v) is 4.39. The molecule has 3 rings (SSSR count). The average Bonchev–Trinajstić information content (AvgIpc) is 2.75. The van der Waals surface area contributed by atoms with E-state index in [9.17, 15) is 18.0 Å². The Morgan fingerprint density at radius 3 is 2.40 bits per heavy atom. The number of anilines is 1. The van der Waals surface area contributed by atoms with Gasteiger partial charge in [0.2, 0.25) is 10.0 Å². The highest BCUT2D eigenvalue weighted by Crippen LogP contribution is 2.21. The van der Waals surface area contributed by atoms with Crippen LogP contribution < -0.4 is 10.1 Å². The number of hydrogen-bond acceptors (Lipinski definition) is 6. The zero-order valence-electron chi connectivity index (χ0n) is 16.8. The number of carbonyl (C=O) groups excluding carboxylic acids is 2. The minimum atomic E-state index is -3.66. The van der Waals surface area contributed by atoms with Gasteiger partial charge in [-0.2, -0.15) is 4.31 Å². The lowest BCUT2D eigenvalue weighted by Crippen LogP contribution is -2.40. The number of nitrogens with zero attached hydrogens (tertiary/aromatic N) is 1. The number of ether oxygens (including phenoxy) is 2. The third kappa shape index (κ3) is 5.24. The van der Waals surface area contributed by atoms with Crippen LogP contribution in [-0.4, -0.2) is 56.8 Å². The van der Waals surface area contributed by atoms with Crippen LogP contribution in [0.25, 0.3) is 0 Å². The zero-order chi connectivity index (χ0) is 21.7. The van der Waals surface area contributed by atoms with E-state index in [1.807, 2.05) is 0 Å². The summed E-state index contributed by atoms with van der Waals surface area (Å²) >= 11 is 0. The molecule has 160 valence electrons. The molecule has 0 spiro atoms. The van der Waals surface area contributed by atoms with Gasteiger partial charge in [-0.25, -0.2) is 8.42 Å². The second-order valence-electron chi connectivity index (χ2n) is 6.87. The summed E-state index contributed by atoms with van der Waals surface area (Å²) in [5.74, 6) is -0.0304. The molecule has 1 N–H and O–H groups in total. The summed E-state index contributed by atoms with van der Waals surface area (Å²) in [6.45, 7) is 4.37. The molecular formula is C21H24N2O6S. The lowest BCUT2D eigenvalue weighted by molar-refractivity contribution is -0.122. The number of ketones is 1. The van der Waals surface area contributed by atoms with Crippen molar-refractivity contribution in [3.8, 4) is 5.75 Å². The minimum Gasteiger partial charge on any atom is -0.481 e. The van der Waals surface area contributed by atoms with Crippen molar-refractivity contribution < 1.29 is 27.5 Å². The van der Waals surface area contributed by atoms with E-state index in [0.29, 0.717) is 43.3 Å². The summed E-state index contributed by atoms with van der Waals surface area (Å²) in [4.78, 5) is 23.9. The topological polar surface area (TPSA) is 102 Å². The fraction of sp³-hybridized carbons (Fsp3) is 0.333. The number of carbonyl (C=O) groups is 2. The Morgan fingerprint density at radius 2 is 1.77 bits per heavy atom. The highest BCUT2D eigenvalue weighted by molar-refractivity contribution is 7.89. The molecule has 8 nitrogen and oxygen atoms in total. The van der Waals surface area contributed by atoms with Crippen molar-refractivity contribution >= 4 is 27.4 Å². The van der Waals surface area contributed by atoms with Gasteiger partial charge in [0.05, 0.1) is 18.1 Å². The van der Waals surface area contributed by atoms with Crippen molar-refractivity contribution in [1.82, 2.24) is 4.31 Å². The maximum absolute atomic E-state index is 12.8. The number of nitrogens with one attached hydrogen (secondary N) is 1. The van der Waals surface area contributed by atoms with E-state index in [0.717, 1.165) is 0 Å². The van der Waals surface area contributed by atoms with Crippen molar-refractivity contribution in [2.75, 3.05) is 31.6 Å². The monoisotopic (exact) mass is 432 g/mol. The summed E-state index contributed by atoms with van der Waals surface area (Å²) in [5, 5.41) is 2.68. The second-order valence-corrected chi connectivity index (χ2v) is 8.81. The Kier molecular flexibility index (Phi) is 6.86. The molecule has 1 aliphatic rings. The normalized spacial score (nSPS) is 15.9. The molecule has 1 amide bonds. The predicted molar refractivity (Wildman–Crippen MR) is 111 cm³/mol. The smallest absolute Gasteiger partial charge is 0.265 e. The van der Waals surface area contributed by atoms with Gasteiger partial charge in [0.25, 0.3) is 5.91 Å². The van der Waals surface area contributed by atoms with Crippen LogP contribution in [0.3, 0.4) is 0 Å². The van der Waals surface area contributed by atoms with Crippen LogP contribution in [0.15, 0.2) is 53.4 Å². The van der Waals surface area contributed by atoms with Gasteiger partial charge in [0, 0.05) is 24.3 Å². The molecule has 2 aromatic carbocycles. The molecule has 1 fully saturated rings. The molecule has 1 saturated heterocycles. The van der Waals surface area contributed by atoms with E-state index in [4.69, 9.17) is 9.47 Å². The highest BCUT2D eigenvalue weighted by atomic mass is 32.2. The van der Waals surface area contributed by atoms with Crippen LogP contribution in [-0.2, 0) is 19.6 Å². The van der Waals surface area contributed by atoms with E-state index in [1.165, 1.54) is 23.4 Å². The summed E-state index contributed by atoms with van der Waals surface area (Å²) in [7, 11) is -3.66. The van der Waals surface area contributed by atoms with Gasteiger partial charge in [0.15, 0.2) is 11.9 Å². The van der Waals surface area contributed by atoms with Crippen molar-refractivity contribution in [2.24, 2.45) is 0 Å². The first-order valence-electron chi connectivity index (χ1n) is 9.54. The summed E-state index contributed by atoms with van der Waals surface area (Å²) in [6, 6.07) is 12.6. The van der Waals surface area contributed by atoms with Crippen molar-refractivity contribution in [3.63, 3.8) is 0 Å². The number of rotatable bonds is 7. The van der Waals surface area contributed by atoms with Crippen LogP contribution in [0.1, 0.15) is 24.2 Å². The van der Waals surface area contributed by atoms with Gasteiger partial charge in [-0.15, -0.1) is 0 Å². The first kappa shape index (κ1) is 21.9. The Bertz CT molecular complexity index is 1010. The van der Waals surface area contributed by atoms with E-state index in [2.05, 4.69) is 5.32 Å². The first-order chi connectivity index (χ1) is 14.3. The third-order valence-corrected chi connectivity index (χ3v) is 6.55. The van der Waals surface area contributed by atoms with Gasteiger partial charge in [-0.1, -0.05) is 6.07 Å². The van der Waals surface area contributed by atoms with Gasteiger partial charge >= 0.3 is 0 Å². The minimum absolute atomic E-state index is 0.0562. The van der Waals surface area contributed by atoms with E-state index >= 15 is 0 Å². The van der Waals surface area contributed by atoms with Crippen molar-refractivity contribution in [2.45, 2.75) is 24.8 Å². The highest BCUT2D eigenvalue weighted by Gasteiger charge is 2.26. The van der Waals surface area contributed by atoms with Crippen molar-refractivity contribution in [3.05, 3.63) is 54.1 Å². The zero-order valence-corrected chi connectivity index (χ0v) is 17.6. The summed E-state index contributed by atoms with van der Waals surface area (Å²) in [5.41, 5.74) is 0.912. The second kappa shape index (κ2) is 9.38. The van der Waals surface area contributed by atoms with Gasteiger partial charge < -0.3 is 14.8 Å². The SMILES string of the molecule is CC(=O)c1ccc(OC(C)C(=O)Nc2cccc(S(=O)(=O)N3CCOCC3)c2)cc1. The van der Waals surface area contributed by atoms with E-state index < -0.39 is 22.0 Å². The largest absolute Gasteiger partial charge is 0.481 e. The van der Waals surface area contributed by atoms with Crippen molar-refractivity contribution in [1.29, 1.82) is 0 Å². The maximum Gasteiger partial charge on any atom is 0.265 e. The van der Waals surface area contributed by atoms with Crippen LogP contribution in [0, 0.1) is 0 Å². The molecule has 1 aliphatic heterocycles. The molecule has 30 heavy (non-hydrogen) atoms. The molecule has 1 heterocycles. The van der Waals surface area contributed by atoms with Gasteiger partial charge in [-0.05, 0) is 56.3 Å². The molecule has 0 radical (unpaired) electrons. The molecule has 0 bridgehead atoms. The van der Waals surface area contributed by atoms with Gasteiger partial charge in [0.1, 0.15) is 5.75 Å². The fourth-order valence-electron chi connectivity index (χ4n) is 2.94. The number of amides is 1. The lowest BCUT2D eigenvalue weighted by atomic mass is 10.1. The number of benzene rings is 2. The quantitative estimate of drug-likeness (QED) is 0.674. The number of hydrogen-bond donors (Lipinski definition) is 1. The molecular weight excluding hydrogens is 408 g/mol. The first-order valence-corrected chi connectivity index (χ1v) is 11.0. The molecule has 2 aromatic rings. The number of morpholine rings is 1. The number of sulfonamides is 1. The van der Waals surface area contributed by atoms with E-state index in [-0.39, 0.29) is 10.7 Å². The average molecular weight is 432 g/mol. The van der Waals surface area contributed by atoms with Crippen LogP contribution >= 0.6 is 0 Å². The predicted octanol–water partition coefficient (Wildman–Crippen LogP) is 2.32.